The van der Waals surface area contributed by atoms with Crippen LogP contribution < -0.4 is 0 Å². The van der Waals surface area contributed by atoms with Crippen LogP contribution in [0.5, 0.6) is 0 Å². The summed E-state index contributed by atoms with van der Waals surface area (Å²) in [6.45, 7) is 7.49. The van der Waals surface area contributed by atoms with Gasteiger partial charge in [-0.3, -0.25) is 4.98 Å². The molecule has 2 heterocycles. The molecule has 0 aromatic carbocycles. The number of hydrogen-bond donors (Lipinski definition) is 0. The minimum absolute atomic E-state index is 0.124. The number of aryl methyl sites for hydroxylation is 2. The van der Waals surface area contributed by atoms with Crippen molar-refractivity contribution in [2.75, 3.05) is 19.6 Å². The lowest BCUT2D eigenvalue weighted by Crippen LogP contribution is -2.46. The molecule has 0 amide bonds. The lowest BCUT2D eigenvalue weighted by Gasteiger charge is -2.29. The van der Waals surface area contributed by atoms with Crippen molar-refractivity contribution in [2.24, 2.45) is 0 Å². The predicted octanol–water partition coefficient (Wildman–Crippen LogP) is 2.37. The van der Waals surface area contributed by atoms with E-state index < -0.39 is 10.2 Å². The maximum Gasteiger partial charge on any atom is 0.282 e. The van der Waals surface area contributed by atoms with E-state index in [-0.39, 0.29) is 6.04 Å². The van der Waals surface area contributed by atoms with Gasteiger partial charge in [0.25, 0.3) is 10.2 Å². The molecule has 1 aliphatic heterocycles. The summed E-state index contributed by atoms with van der Waals surface area (Å²) in [4.78, 5) is 4.21. The Bertz CT molecular complexity index is 585. The summed E-state index contributed by atoms with van der Waals surface area (Å²) in [5.74, 6) is 0. The summed E-state index contributed by atoms with van der Waals surface area (Å²) in [6, 6.07) is 4.22. The first-order valence-electron chi connectivity index (χ1n) is 8.17. The maximum absolute atomic E-state index is 12.7. The van der Waals surface area contributed by atoms with Crippen molar-refractivity contribution in [3.63, 3.8) is 0 Å². The largest absolute Gasteiger partial charge is 0.282 e. The van der Waals surface area contributed by atoms with E-state index in [1.165, 1.54) is 5.56 Å². The zero-order valence-corrected chi connectivity index (χ0v) is 14.6. The van der Waals surface area contributed by atoms with Crippen molar-refractivity contribution in [3.05, 3.63) is 29.6 Å². The number of pyridine rings is 1. The molecule has 1 saturated heterocycles. The average molecular weight is 325 g/mol. The van der Waals surface area contributed by atoms with E-state index in [9.17, 15) is 8.42 Å². The first kappa shape index (κ1) is 17.4. The average Bonchev–Trinajstić information content (AvgIpc) is 2.95. The van der Waals surface area contributed by atoms with E-state index in [1.54, 1.807) is 8.61 Å². The van der Waals surface area contributed by atoms with E-state index in [0.717, 1.165) is 31.4 Å². The molecule has 0 N–H and O–H groups in total. The fourth-order valence-corrected chi connectivity index (χ4v) is 5.09. The van der Waals surface area contributed by atoms with Crippen LogP contribution in [0.15, 0.2) is 18.3 Å². The molecule has 1 fully saturated rings. The normalized spacial score (nSPS) is 19.9. The van der Waals surface area contributed by atoms with Crippen molar-refractivity contribution in [3.8, 4) is 0 Å². The van der Waals surface area contributed by atoms with Crippen LogP contribution in [0.3, 0.4) is 0 Å². The molecule has 0 bridgehead atoms. The number of hydrogen-bond acceptors (Lipinski definition) is 3. The van der Waals surface area contributed by atoms with Crippen molar-refractivity contribution < 1.29 is 8.42 Å². The van der Waals surface area contributed by atoms with Crippen LogP contribution in [0, 0.1) is 6.92 Å². The Labute approximate surface area is 134 Å². The molecule has 0 aliphatic carbocycles. The van der Waals surface area contributed by atoms with Crippen LogP contribution in [0.2, 0.25) is 0 Å². The molecule has 0 spiro atoms. The van der Waals surface area contributed by atoms with E-state index >= 15 is 0 Å². The third-order valence-corrected chi connectivity index (χ3v) is 6.62. The number of aromatic nitrogens is 1. The lowest BCUT2D eigenvalue weighted by atomic mass is 10.0. The quantitative estimate of drug-likeness (QED) is 0.773. The van der Waals surface area contributed by atoms with E-state index in [1.807, 2.05) is 33.0 Å². The second kappa shape index (κ2) is 7.53. The highest BCUT2D eigenvalue weighted by atomic mass is 32.2. The zero-order valence-electron chi connectivity index (χ0n) is 13.8. The summed E-state index contributed by atoms with van der Waals surface area (Å²) in [7, 11) is -3.31. The Morgan fingerprint density at radius 3 is 2.73 bits per heavy atom. The van der Waals surface area contributed by atoms with Gasteiger partial charge in [0.2, 0.25) is 0 Å². The highest BCUT2D eigenvalue weighted by Gasteiger charge is 2.36. The van der Waals surface area contributed by atoms with E-state index in [0.29, 0.717) is 19.6 Å². The molecule has 5 nitrogen and oxygen atoms in total. The molecular weight excluding hydrogens is 298 g/mol. The Morgan fingerprint density at radius 2 is 2.09 bits per heavy atom. The van der Waals surface area contributed by atoms with Gasteiger partial charge in [-0.25, -0.2) is 0 Å². The van der Waals surface area contributed by atoms with Gasteiger partial charge >= 0.3 is 0 Å². The monoisotopic (exact) mass is 325 g/mol. The van der Waals surface area contributed by atoms with E-state index in [2.05, 4.69) is 11.1 Å². The molecule has 22 heavy (non-hydrogen) atoms. The third kappa shape index (κ3) is 3.86. The van der Waals surface area contributed by atoms with Gasteiger partial charge in [0.1, 0.15) is 0 Å². The van der Waals surface area contributed by atoms with Crippen molar-refractivity contribution in [1.29, 1.82) is 0 Å². The van der Waals surface area contributed by atoms with Crippen LogP contribution in [0.25, 0.3) is 0 Å². The summed E-state index contributed by atoms with van der Waals surface area (Å²) < 4.78 is 28.7. The minimum Gasteiger partial charge on any atom is -0.262 e. The van der Waals surface area contributed by atoms with Gasteiger partial charge in [0, 0.05) is 37.6 Å². The smallest absolute Gasteiger partial charge is 0.262 e. The summed E-state index contributed by atoms with van der Waals surface area (Å²) >= 11 is 0. The standard InChI is InChI=1S/C16H27N3O2S/c1-4-18(5-2)22(20,21)19-12-6-7-16(19)9-8-15-10-11-17-14(3)13-15/h10-11,13,16H,4-9,12H2,1-3H3/t16-/m1/s1. The molecular formula is C16H27N3O2S. The molecule has 0 unspecified atom stereocenters. The topological polar surface area (TPSA) is 53.5 Å². The van der Waals surface area contributed by atoms with Gasteiger partial charge in [-0.05, 0) is 50.3 Å². The van der Waals surface area contributed by atoms with Gasteiger partial charge in [-0.1, -0.05) is 13.8 Å². The van der Waals surface area contributed by atoms with Gasteiger partial charge in [-0.2, -0.15) is 17.0 Å². The highest BCUT2D eigenvalue weighted by molar-refractivity contribution is 7.86. The van der Waals surface area contributed by atoms with Crippen LogP contribution >= 0.6 is 0 Å². The Morgan fingerprint density at radius 1 is 1.36 bits per heavy atom. The first-order valence-corrected chi connectivity index (χ1v) is 9.57. The molecule has 1 aliphatic rings. The summed E-state index contributed by atoms with van der Waals surface area (Å²) in [5.41, 5.74) is 2.25. The van der Waals surface area contributed by atoms with Crippen LogP contribution in [-0.4, -0.2) is 47.7 Å². The maximum atomic E-state index is 12.7. The molecule has 1 aromatic heterocycles. The van der Waals surface area contributed by atoms with Crippen LogP contribution in [0.1, 0.15) is 44.4 Å². The third-order valence-electron chi connectivity index (χ3n) is 4.38. The minimum atomic E-state index is -3.31. The Hall–Kier alpha value is -0.980. The van der Waals surface area contributed by atoms with Crippen molar-refractivity contribution >= 4 is 10.2 Å². The molecule has 0 radical (unpaired) electrons. The predicted molar refractivity (Wildman–Crippen MR) is 88.9 cm³/mol. The molecule has 1 atom stereocenters. The SMILES string of the molecule is CCN(CC)S(=O)(=O)N1CCC[C@@H]1CCc1ccnc(C)c1. The van der Waals surface area contributed by atoms with Gasteiger partial charge < -0.3 is 0 Å². The van der Waals surface area contributed by atoms with Gasteiger partial charge in [-0.15, -0.1) is 0 Å². The summed E-state index contributed by atoms with van der Waals surface area (Å²) in [5, 5.41) is 0. The fraction of sp³-hybridized carbons (Fsp3) is 0.688. The zero-order chi connectivity index (χ0) is 16.2. The second-order valence-electron chi connectivity index (χ2n) is 5.84. The van der Waals surface area contributed by atoms with Crippen LogP contribution in [-0.2, 0) is 16.6 Å². The van der Waals surface area contributed by atoms with Crippen molar-refractivity contribution in [1.82, 2.24) is 13.6 Å². The Balaban J connectivity index is 2.04. The van der Waals surface area contributed by atoms with Gasteiger partial charge in [0.05, 0.1) is 0 Å². The molecule has 1 aromatic rings. The Kier molecular flexibility index (Phi) is 5.94. The first-order chi connectivity index (χ1) is 10.5. The molecule has 6 heteroatoms. The highest BCUT2D eigenvalue weighted by Crippen LogP contribution is 2.26. The summed E-state index contributed by atoms with van der Waals surface area (Å²) in [6.07, 6.45) is 5.52. The van der Waals surface area contributed by atoms with Crippen molar-refractivity contribution in [2.45, 2.75) is 52.5 Å². The number of nitrogens with zero attached hydrogens (tertiary/aromatic N) is 3. The second-order valence-corrected chi connectivity index (χ2v) is 7.72. The van der Waals surface area contributed by atoms with Gasteiger partial charge in [0.15, 0.2) is 0 Å². The molecule has 0 saturated carbocycles. The lowest BCUT2D eigenvalue weighted by molar-refractivity contribution is 0.324. The number of rotatable bonds is 7. The van der Waals surface area contributed by atoms with Crippen LogP contribution in [0.4, 0.5) is 0 Å². The fourth-order valence-electron chi connectivity index (χ4n) is 3.19. The molecule has 2 rings (SSSR count). The van der Waals surface area contributed by atoms with E-state index in [4.69, 9.17) is 0 Å². The molecule has 124 valence electrons.